The zero-order chi connectivity index (χ0) is 29.4. The summed E-state index contributed by atoms with van der Waals surface area (Å²) < 4.78 is 19.2. The first-order valence-electron chi connectivity index (χ1n) is 13.4. The van der Waals surface area contributed by atoms with Crippen LogP contribution in [0.2, 0.25) is 0 Å². The molecule has 0 spiro atoms. The number of nitrogens with two attached hydrogens (primary N) is 1. The minimum absolute atomic E-state index is 0. The topological polar surface area (TPSA) is 149 Å². The smallest absolute Gasteiger partial charge is 0.250 e. The average Bonchev–Trinajstić information content (AvgIpc) is 3.41. The van der Waals surface area contributed by atoms with Gasteiger partial charge in [-0.3, -0.25) is 18.6 Å². The lowest BCUT2D eigenvalue weighted by atomic mass is 10.1. The molecular formula is C29H38Cl2N6O5S. The summed E-state index contributed by atoms with van der Waals surface area (Å²) >= 11 is 0. The summed E-state index contributed by atoms with van der Waals surface area (Å²) in [6.45, 7) is 4.08. The fourth-order valence-corrected chi connectivity index (χ4v) is 5.31. The van der Waals surface area contributed by atoms with Crippen LogP contribution in [0.5, 0.6) is 0 Å². The van der Waals surface area contributed by atoms with Crippen LogP contribution < -0.4 is 16.4 Å². The van der Waals surface area contributed by atoms with Crippen molar-refractivity contribution < 1.29 is 23.3 Å². The van der Waals surface area contributed by atoms with Gasteiger partial charge in [-0.05, 0) is 25.0 Å². The normalized spacial score (nSPS) is 14.9. The Morgan fingerprint density at radius 3 is 2.23 bits per heavy atom. The zero-order valence-electron chi connectivity index (χ0n) is 24.0. The Hall–Kier alpha value is -3.29. The summed E-state index contributed by atoms with van der Waals surface area (Å²) in [5, 5.41) is 5.39. The van der Waals surface area contributed by atoms with Gasteiger partial charge in [0, 0.05) is 41.6 Å². The van der Waals surface area contributed by atoms with E-state index in [9.17, 15) is 18.6 Å². The van der Waals surface area contributed by atoms with Gasteiger partial charge in [0.25, 0.3) is 5.91 Å². The lowest BCUT2D eigenvalue weighted by Gasteiger charge is -2.30. The summed E-state index contributed by atoms with van der Waals surface area (Å²) in [6.07, 6.45) is 3.06. The van der Waals surface area contributed by atoms with Crippen LogP contribution in [0, 0.1) is 0 Å². The number of anilines is 1. The fourth-order valence-electron chi connectivity index (χ4n) is 4.26. The highest BCUT2D eigenvalue weighted by molar-refractivity contribution is 7.85. The van der Waals surface area contributed by atoms with Crippen molar-refractivity contribution in [2.24, 2.45) is 5.73 Å². The van der Waals surface area contributed by atoms with Crippen molar-refractivity contribution in [3.8, 4) is 0 Å². The van der Waals surface area contributed by atoms with E-state index in [1.807, 2.05) is 60.7 Å². The predicted octanol–water partition coefficient (Wildman–Crippen LogP) is 2.28. The highest BCUT2D eigenvalue weighted by Crippen LogP contribution is 2.23. The largest absolute Gasteiger partial charge is 0.374 e. The van der Waals surface area contributed by atoms with Crippen molar-refractivity contribution in [3.63, 3.8) is 0 Å². The number of carbonyl (C=O) groups is 3. The summed E-state index contributed by atoms with van der Waals surface area (Å²) in [7, 11) is -0.919. The molecule has 14 heteroatoms. The molecule has 2 atom stereocenters. The number of halogens is 2. The number of hydrogen-bond acceptors (Lipinski definition) is 7. The van der Waals surface area contributed by atoms with Gasteiger partial charge in [-0.25, -0.2) is 4.98 Å². The van der Waals surface area contributed by atoms with E-state index < -0.39 is 40.2 Å². The molecule has 0 bridgehead atoms. The summed E-state index contributed by atoms with van der Waals surface area (Å²) in [5.41, 5.74) is 6.41. The summed E-state index contributed by atoms with van der Waals surface area (Å²) in [6, 6.07) is 17.0. The van der Waals surface area contributed by atoms with E-state index in [4.69, 9.17) is 10.5 Å². The second-order valence-electron chi connectivity index (χ2n) is 10.4. The second-order valence-corrected chi connectivity index (χ2v) is 12.1. The molecule has 0 radical (unpaired) electrons. The van der Waals surface area contributed by atoms with Gasteiger partial charge in [-0.1, -0.05) is 60.7 Å². The minimum Gasteiger partial charge on any atom is -0.374 e. The van der Waals surface area contributed by atoms with Gasteiger partial charge in [0.2, 0.25) is 11.8 Å². The number of amides is 3. The maximum Gasteiger partial charge on any atom is 0.250 e. The van der Waals surface area contributed by atoms with Crippen molar-refractivity contribution in [3.05, 3.63) is 84.3 Å². The number of benzene rings is 2. The molecule has 3 aromatic rings. The molecule has 2 aromatic carbocycles. The average molecular weight is 654 g/mol. The molecule has 1 aliphatic heterocycles. The SMILES string of the molecule is CC(C)(N)C(=O)N[C@H](COCc1ccccc1)C(=O)Nc1cn(C(C(=O)N2CCS(=O)CC2)c2ccccc2)cn1.Cl.Cl. The van der Waals surface area contributed by atoms with Crippen molar-refractivity contribution in [2.45, 2.75) is 38.1 Å². The lowest BCUT2D eigenvalue weighted by molar-refractivity contribution is -0.133. The predicted molar refractivity (Wildman–Crippen MR) is 171 cm³/mol. The number of carbonyl (C=O) groups excluding carboxylic acids is 3. The molecule has 2 heterocycles. The first kappa shape index (κ1) is 35.9. The van der Waals surface area contributed by atoms with Crippen LogP contribution in [0.3, 0.4) is 0 Å². The van der Waals surface area contributed by atoms with Gasteiger partial charge in [0.15, 0.2) is 5.82 Å². The van der Waals surface area contributed by atoms with Gasteiger partial charge in [-0.15, -0.1) is 24.8 Å². The number of ether oxygens (including phenoxy) is 1. The number of nitrogens with one attached hydrogen (secondary N) is 2. The van der Waals surface area contributed by atoms with Crippen LogP contribution in [-0.2, 0) is 36.5 Å². The zero-order valence-corrected chi connectivity index (χ0v) is 26.5. The first-order chi connectivity index (χ1) is 19.6. The van der Waals surface area contributed by atoms with Crippen LogP contribution in [0.4, 0.5) is 5.82 Å². The van der Waals surface area contributed by atoms with E-state index in [2.05, 4.69) is 15.6 Å². The highest BCUT2D eigenvalue weighted by atomic mass is 35.5. The monoisotopic (exact) mass is 652 g/mol. The number of rotatable bonds is 11. The van der Waals surface area contributed by atoms with Gasteiger partial charge in [0.1, 0.15) is 12.1 Å². The lowest BCUT2D eigenvalue weighted by Crippen LogP contribution is -2.56. The number of imidazole rings is 1. The Kier molecular flexibility index (Phi) is 13.8. The molecule has 11 nitrogen and oxygen atoms in total. The Balaban J connectivity index is 0.00000323. The van der Waals surface area contributed by atoms with E-state index in [1.54, 1.807) is 29.5 Å². The quantitative estimate of drug-likeness (QED) is 0.288. The Labute approximate surface area is 266 Å². The van der Waals surface area contributed by atoms with Crippen LogP contribution in [0.1, 0.15) is 31.0 Å². The maximum absolute atomic E-state index is 13.6. The molecule has 234 valence electrons. The fraction of sp³-hybridized carbons (Fsp3) is 0.379. The molecule has 1 fully saturated rings. The third kappa shape index (κ3) is 10.1. The van der Waals surface area contributed by atoms with Crippen LogP contribution in [-0.4, -0.2) is 79.2 Å². The number of nitrogens with zero attached hydrogens (tertiary/aromatic N) is 3. The van der Waals surface area contributed by atoms with E-state index in [1.165, 1.54) is 6.33 Å². The van der Waals surface area contributed by atoms with E-state index in [-0.39, 0.29) is 49.8 Å². The van der Waals surface area contributed by atoms with Crippen molar-refractivity contribution in [1.29, 1.82) is 0 Å². The Bertz CT molecular complexity index is 1360. The second kappa shape index (κ2) is 16.5. The molecule has 3 amide bonds. The van der Waals surface area contributed by atoms with Crippen molar-refractivity contribution in [2.75, 3.05) is 36.5 Å². The van der Waals surface area contributed by atoms with Gasteiger partial charge in [-0.2, -0.15) is 0 Å². The van der Waals surface area contributed by atoms with E-state index in [0.29, 0.717) is 24.6 Å². The standard InChI is InChI=1S/C29H36N6O5S.2ClH/c1-29(2,30)28(38)32-23(19-40-18-21-9-5-3-6-10-21)26(36)33-24-17-35(20-31-24)25(22-11-7-4-8-12-22)27(37)34-13-15-41(39)16-14-34;;/h3-12,17,20,23,25H,13-16,18-19,30H2,1-2H3,(H,32,38)(H,33,36);2*1H/t23-,25?;;/m1../s1. The molecule has 4 N–H and O–H groups in total. The molecule has 1 aliphatic rings. The molecule has 4 rings (SSSR count). The molecule has 43 heavy (non-hydrogen) atoms. The van der Waals surface area contributed by atoms with E-state index >= 15 is 0 Å². The minimum atomic E-state index is -1.20. The van der Waals surface area contributed by atoms with Gasteiger partial charge < -0.3 is 30.6 Å². The molecule has 0 saturated carbocycles. The van der Waals surface area contributed by atoms with Crippen molar-refractivity contribution in [1.82, 2.24) is 19.8 Å². The third-order valence-corrected chi connectivity index (χ3v) is 7.87. The first-order valence-corrected chi connectivity index (χ1v) is 14.8. The molecular weight excluding hydrogens is 615 g/mol. The van der Waals surface area contributed by atoms with Gasteiger partial charge in [0.05, 0.1) is 25.1 Å². The van der Waals surface area contributed by atoms with E-state index in [0.717, 1.165) is 11.1 Å². The molecule has 0 aliphatic carbocycles. The maximum atomic E-state index is 13.6. The Morgan fingerprint density at radius 1 is 1.02 bits per heavy atom. The molecule has 1 aromatic heterocycles. The van der Waals surface area contributed by atoms with Gasteiger partial charge >= 0.3 is 0 Å². The number of hydrogen-bond donors (Lipinski definition) is 3. The summed E-state index contributed by atoms with van der Waals surface area (Å²) in [4.78, 5) is 45.5. The molecule has 1 saturated heterocycles. The number of aromatic nitrogens is 2. The van der Waals surface area contributed by atoms with Crippen LogP contribution in [0.15, 0.2) is 73.2 Å². The third-order valence-electron chi connectivity index (χ3n) is 6.59. The van der Waals surface area contributed by atoms with Crippen molar-refractivity contribution >= 4 is 59.2 Å². The van der Waals surface area contributed by atoms with Crippen LogP contribution >= 0.6 is 24.8 Å². The summed E-state index contributed by atoms with van der Waals surface area (Å²) in [5.74, 6) is -0.106. The van der Waals surface area contributed by atoms with Crippen LogP contribution in [0.25, 0.3) is 0 Å². The molecule has 1 unspecified atom stereocenters. The highest BCUT2D eigenvalue weighted by Gasteiger charge is 2.31. The Morgan fingerprint density at radius 2 is 1.63 bits per heavy atom.